The largest absolute Gasteiger partial charge is 0.399 e. The number of hydrogen-bond acceptors (Lipinski definition) is 2. The van der Waals surface area contributed by atoms with Crippen LogP contribution in [0.25, 0.3) is 0 Å². The minimum Gasteiger partial charge on any atom is -0.399 e. The zero-order valence-corrected chi connectivity index (χ0v) is 9.59. The van der Waals surface area contributed by atoms with E-state index >= 15 is 0 Å². The second-order valence-corrected chi connectivity index (χ2v) is 3.92. The number of rotatable bonds is 4. The first-order valence-corrected chi connectivity index (χ1v) is 5.40. The molecule has 0 aliphatic carbocycles. The summed E-state index contributed by atoms with van der Waals surface area (Å²) in [6.45, 7) is 3.83. The molecular formula is C12H17FN2O. The first kappa shape index (κ1) is 12.5. The second kappa shape index (κ2) is 5.49. The van der Waals surface area contributed by atoms with E-state index in [4.69, 9.17) is 5.73 Å². The lowest BCUT2D eigenvalue weighted by Crippen LogP contribution is -2.20. The fraction of sp³-hybridized carbons (Fsp3) is 0.417. The van der Waals surface area contributed by atoms with Crippen molar-refractivity contribution in [3.8, 4) is 0 Å². The molecule has 3 nitrogen and oxygen atoms in total. The Morgan fingerprint density at radius 3 is 2.81 bits per heavy atom. The van der Waals surface area contributed by atoms with Crippen molar-refractivity contribution >= 4 is 17.3 Å². The summed E-state index contributed by atoms with van der Waals surface area (Å²) >= 11 is 0. The molecule has 0 aromatic heterocycles. The van der Waals surface area contributed by atoms with Gasteiger partial charge in [0.15, 0.2) is 0 Å². The highest BCUT2D eigenvalue weighted by molar-refractivity contribution is 5.92. The van der Waals surface area contributed by atoms with Crippen molar-refractivity contribution in [3.05, 3.63) is 24.0 Å². The van der Waals surface area contributed by atoms with Crippen LogP contribution >= 0.6 is 0 Å². The molecule has 88 valence electrons. The van der Waals surface area contributed by atoms with Crippen molar-refractivity contribution in [1.82, 2.24) is 0 Å². The Bertz CT molecular complexity index is 379. The maximum absolute atomic E-state index is 13.4. The Morgan fingerprint density at radius 2 is 2.25 bits per heavy atom. The molecule has 0 unspecified atom stereocenters. The summed E-state index contributed by atoms with van der Waals surface area (Å²) in [4.78, 5) is 11.6. The van der Waals surface area contributed by atoms with Crippen molar-refractivity contribution in [1.29, 1.82) is 0 Å². The van der Waals surface area contributed by atoms with Gasteiger partial charge in [-0.3, -0.25) is 4.79 Å². The number of halogens is 1. The van der Waals surface area contributed by atoms with Crippen LogP contribution in [0.15, 0.2) is 18.2 Å². The molecule has 0 spiro atoms. The van der Waals surface area contributed by atoms with Crippen LogP contribution in [0.1, 0.15) is 26.7 Å². The van der Waals surface area contributed by atoms with Crippen LogP contribution in [0.3, 0.4) is 0 Å². The van der Waals surface area contributed by atoms with Crippen LogP contribution in [0.4, 0.5) is 15.8 Å². The van der Waals surface area contributed by atoms with Crippen LogP contribution in [-0.4, -0.2) is 5.91 Å². The van der Waals surface area contributed by atoms with Crippen LogP contribution in [0.5, 0.6) is 0 Å². The number of nitrogens with one attached hydrogen (secondary N) is 1. The number of amides is 1. The Hall–Kier alpha value is -1.58. The van der Waals surface area contributed by atoms with E-state index in [1.54, 1.807) is 6.07 Å². The molecule has 1 atom stereocenters. The molecule has 16 heavy (non-hydrogen) atoms. The van der Waals surface area contributed by atoms with Gasteiger partial charge in [0.25, 0.3) is 0 Å². The van der Waals surface area contributed by atoms with E-state index in [0.717, 1.165) is 12.8 Å². The lowest BCUT2D eigenvalue weighted by Gasteiger charge is -2.11. The number of benzene rings is 1. The minimum absolute atomic E-state index is 0.109. The standard InChI is InChI=1S/C12H17FN2O/c1-3-4-8(2)12(16)15-11-6-5-9(14)7-10(11)13/h5-8H,3-4,14H2,1-2H3,(H,15,16)/t8-/m0/s1. The Kier molecular flexibility index (Phi) is 4.28. The zero-order chi connectivity index (χ0) is 12.1. The average molecular weight is 224 g/mol. The number of carbonyl (C=O) groups is 1. The quantitative estimate of drug-likeness (QED) is 0.773. The third-order valence-corrected chi connectivity index (χ3v) is 2.42. The van der Waals surface area contributed by atoms with Gasteiger partial charge in [0.2, 0.25) is 5.91 Å². The first-order valence-electron chi connectivity index (χ1n) is 5.40. The average Bonchev–Trinajstić information content (AvgIpc) is 2.22. The Labute approximate surface area is 94.8 Å². The van der Waals surface area contributed by atoms with Gasteiger partial charge in [0, 0.05) is 11.6 Å². The second-order valence-electron chi connectivity index (χ2n) is 3.92. The fourth-order valence-electron chi connectivity index (χ4n) is 1.45. The van der Waals surface area contributed by atoms with E-state index < -0.39 is 5.82 Å². The van der Waals surface area contributed by atoms with Crippen LogP contribution < -0.4 is 11.1 Å². The van der Waals surface area contributed by atoms with E-state index in [9.17, 15) is 9.18 Å². The normalized spacial score (nSPS) is 12.2. The maximum Gasteiger partial charge on any atom is 0.227 e. The third-order valence-electron chi connectivity index (χ3n) is 2.42. The molecule has 0 saturated heterocycles. The lowest BCUT2D eigenvalue weighted by molar-refractivity contribution is -0.119. The molecule has 0 bridgehead atoms. The van der Waals surface area contributed by atoms with Gasteiger partial charge < -0.3 is 11.1 Å². The summed E-state index contributed by atoms with van der Waals surface area (Å²) in [6, 6.07) is 4.23. The molecule has 0 radical (unpaired) electrons. The monoisotopic (exact) mass is 224 g/mol. The maximum atomic E-state index is 13.4. The van der Waals surface area contributed by atoms with Crippen LogP contribution in [-0.2, 0) is 4.79 Å². The van der Waals surface area contributed by atoms with E-state index in [0.29, 0.717) is 5.69 Å². The minimum atomic E-state index is -0.503. The molecule has 0 aliphatic rings. The number of nitrogen functional groups attached to an aromatic ring is 1. The topological polar surface area (TPSA) is 55.1 Å². The van der Waals surface area contributed by atoms with E-state index in [-0.39, 0.29) is 17.5 Å². The number of nitrogens with two attached hydrogens (primary N) is 1. The van der Waals surface area contributed by atoms with Crippen molar-refractivity contribution in [2.75, 3.05) is 11.1 Å². The van der Waals surface area contributed by atoms with Crippen molar-refractivity contribution < 1.29 is 9.18 Å². The Morgan fingerprint density at radius 1 is 1.56 bits per heavy atom. The Balaban J connectivity index is 2.69. The van der Waals surface area contributed by atoms with Gasteiger partial charge in [0.1, 0.15) is 5.82 Å². The van der Waals surface area contributed by atoms with Gasteiger partial charge in [-0.2, -0.15) is 0 Å². The highest BCUT2D eigenvalue weighted by Crippen LogP contribution is 2.18. The van der Waals surface area contributed by atoms with Crippen molar-refractivity contribution in [2.24, 2.45) is 5.92 Å². The number of anilines is 2. The number of carbonyl (C=O) groups excluding carboxylic acids is 1. The van der Waals surface area contributed by atoms with Crippen molar-refractivity contribution in [3.63, 3.8) is 0 Å². The summed E-state index contributed by atoms with van der Waals surface area (Å²) < 4.78 is 13.4. The van der Waals surface area contributed by atoms with Gasteiger partial charge in [-0.05, 0) is 24.6 Å². The van der Waals surface area contributed by atoms with E-state index in [1.165, 1.54) is 12.1 Å². The molecule has 0 fully saturated rings. The smallest absolute Gasteiger partial charge is 0.227 e. The summed E-state index contributed by atoms with van der Waals surface area (Å²) in [6.07, 6.45) is 1.72. The summed E-state index contributed by atoms with van der Waals surface area (Å²) in [5.41, 5.74) is 5.94. The molecule has 3 N–H and O–H groups in total. The molecule has 1 aromatic rings. The van der Waals surface area contributed by atoms with Gasteiger partial charge in [-0.15, -0.1) is 0 Å². The lowest BCUT2D eigenvalue weighted by atomic mass is 10.1. The molecule has 1 aromatic carbocycles. The molecule has 0 heterocycles. The molecular weight excluding hydrogens is 207 g/mol. The first-order chi connectivity index (χ1) is 7.54. The molecule has 1 amide bonds. The van der Waals surface area contributed by atoms with Gasteiger partial charge >= 0.3 is 0 Å². The third kappa shape index (κ3) is 3.22. The molecule has 1 rings (SSSR count). The highest BCUT2D eigenvalue weighted by atomic mass is 19.1. The summed E-state index contributed by atoms with van der Waals surface area (Å²) in [7, 11) is 0. The predicted octanol–water partition coefficient (Wildman–Crippen LogP) is 2.78. The summed E-state index contributed by atoms with van der Waals surface area (Å²) in [5, 5.41) is 2.55. The zero-order valence-electron chi connectivity index (χ0n) is 9.59. The van der Waals surface area contributed by atoms with Crippen LogP contribution in [0.2, 0.25) is 0 Å². The highest BCUT2D eigenvalue weighted by Gasteiger charge is 2.13. The van der Waals surface area contributed by atoms with Gasteiger partial charge in [-0.25, -0.2) is 4.39 Å². The van der Waals surface area contributed by atoms with E-state index in [1.807, 2.05) is 13.8 Å². The van der Waals surface area contributed by atoms with Gasteiger partial charge in [-0.1, -0.05) is 20.3 Å². The predicted molar refractivity (Wildman–Crippen MR) is 63.5 cm³/mol. The summed E-state index contributed by atoms with van der Waals surface area (Å²) in [5.74, 6) is -0.774. The fourth-order valence-corrected chi connectivity index (χ4v) is 1.45. The van der Waals surface area contributed by atoms with E-state index in [2.05, 4.69) is 5.32 Å². The van der Waals surface area contributed by atoms with Crippen molar-refractivity contribution in [2.45, 2.75) is 26.7 Å². The molecule has 4 heteroatoms. The number of hydrogen-bond donors (Lipinski definition) is 2. The van der Waals surface area contributed by atoms with Gasteiger partial charge in [0.05, 0.1) is 5.69 Å². The molecule has 0 saturated carbocycles. The SMILES string of the molecule is CCC[C@H](C)C(=O)Nc1ccc(N)cc1F. The van der Waals surface area contributed by atoms with Crippen LogP contribution in [0, 0.1) is 11.7 Å². The molecule has 0 aliphatic heterocycles.